The molecule has 2 aromatic rings. The van der Waals surface area contributed by atoms with Crippen LogP contribution < -0.4 is 11.1 Å². The van der Waals surface area contributed by atoms with Gasteiger partial charge >= 0.3 is 0 Å². The van der Waals surface area contributed by atoms with Crippen LogP contribution in [-0.2, 0) is 11.2 Å². The third kappa shape index (κ3) is 6.81. The van der Waals surface area contributed by atoms with Gasteiger partial charge in [-0.1, -0.05) is 19.8 Å². The number of carbonyl (C=O) groups is 1. The van der Waals surface area contributed by atoms with E-state index < -0.39 is 0 Å². The molecule has 5 nitrogen and oxygen atoms in total. The first kappa shape index (κ1) is 22.9. The van der Waals surface area contributed by atoms with E-state index in [0.717, 1.165) is 41.5 Å². The molecule has 0 bridgehead atoms. The molecule has 1 amide bonds. The summed E-state index contributed by atoms with van der Waals surface area (Å²) in [6.07, 6.45) is 3.37. The molecule has 0 saturated heterocycles. The van der Waals surface area contributed by atoms with Gasteiger partial charge in [0.15, 0.2) is 10.8 Å². The molecule has 2 rings (SSSR count). The first-order valence-electron chi connectivity index (χ1n) is 7.63. The summed E-state index contributed by atoms with van der Waals surface area (Å²) in [7, 11) is 0. The Hall–Kier alpha value is -1.08. The van der Waals surface area contributed by atoms with Gasteiger partial charge in [0.05, 0.1) is 12.1 Å². The Balaban J connectivity index is 0.00000264. The van der Waals surface area contributed by atoms with Crippen molar-refractivity contribution in [2.45, 2.75) is 45.6 Å². The second-order valence-corrected chi connectivity index (χ2v) is 6.23. The Morgan fingerprint density at radius 1 is 1.42 bits per heavy atom. The van der Waals surface area contributed by atoms with E-state index in [-0.39, 0.29) is 43.2 Å². The molecule has 24 heavy (non-hydrogen) atoms. The Labute approximate surface area is 159 Å². The standard InChI is InChI=1S/C16H23N3O2S.2ClH/c1-3-4-5-12(9-17)18-15(20)8-13-10-22-16(19-13)14-7-6-11(2)21-14;;/h6-7,10,12H,3-5,8-9,17H2,1-2H3,(H,18,20);2*1H. The van der Waals surface area contributed by atoms with Crippen LogP contribution in [-0.4, -0.2) is 23.5 Å². The van der Waals surface area contributed by atoms with Crippen LogP contribution in [0.3, 0.4) is 0 Å². The van der Waals surface area contributed by atoms with Crippen molar-refractivity contribution >= 4 is 42.1 Å². The highest BCUT2D eigenvalue weighted by molar-refractivity contribution is 7.13. The summed E-state index contributed by atoms with van der Waals surface area (Å²) in [5, 5.41) is 5.68. The van der Waals surface area contributed by atoms with E-state index in [0.29, 0.717) is 6.54 Å². The maximum absolute atomic E-state index is 12.1. The molecule has 0 radical (unpaired) electrons. The van der Waals surface area contributed by atoms with Crippen LogP contribution >= 0.6 is 36.2 Å². The molecule has 2 heterocycles. The number of nitrogens with two attached hydrogens (primary N) is 1. The molecule has 0 aliphatic rings. The molecule has 0 aromatic carbocycles. The van der Waals surface area contributed by atoms with Crippen molar-refractivity contribution < 1.29 is 9.21 Å². The van der Waals surface area contributed by atoms with Gasteiger partial charge in [-0.15, -0.1) is 36.2 Å². The summed E-state index contributed by atoms with van der Waals surface area (Å²) in [5.41, 5.74) is 6.46. The fraction of sp³-hybridized carbons (Fsp3) is 0.500. The van der Waals surface area contributed by atoms with Gasteiger partial charge in [-0.3, -0.25) is 4.79 Å². The van der Waals surface area contributed by atoms with Crippen molar-refractivity contribution in [3.05, 3.63) is 29.0 Å². The van der Waals surface area contributed by atoms with Crippen LogP contribution in [0, 0.1) is 6.92 Å². The Morgan fingerprint density at radius 2 is 2.17 bits per heavy atom. The van der Waals surface area contributed by atoms with E-state index in [4.69, 9.17) is 10.2 Å². The minimum absolute atomic E-state index is 0. The van der Waals surface area contributed by atoms with Gasteiger partial charge in [-0.05, 0) is 25.5 Å². The molecular weight excluding hydrogens is 369 g/mol. The van der Waals surface area contributed by atoms with Crippen LogP contribution in [0.2, 0.25) is 0 Å². The maximum atomic E-state index is 12.1. The van der Waals surface area contributed by atoms with Gasteiger partial charge in [0, 0.05) is 18.0 Å². The number of furan rings is 1. The zero-order valence-electron chi connectivity index (χ0n) is 13.9. The number of aromatic nitrogens is 1. The predicted octanol–water partition coefficient (Wildman–Crippen LogP) is 3.73. The van der Waals surface area contributed by atoms with Gasteiger partial charge in [0.2, 0.25) is 5.91 Å². The highest BCUT2D eigenvalue weighted by atomic mass is 35.5. The summed E-state index contributed by atoms with van der Waals surface area (Å²) in [5.74, 6) is 1.57. The monoisotopic (exact) mass is 393 g/mol. The summed E-state index contributed by atoms with van der Waals surface area (Å²) in [6, 6.07) is 3.86. The summed E-state index contributed by atoms with van der Waals surface area (Å²) >= 11 is 1.49. The van der Waals surface area contributed by atoms with Crippen molar-refractivity contribution in [1.82, 2.24) is 10.3 Å². The number of nitrogens with zero attached hydrogens (tertiary/aromatic N) is 1. The molecule has 3 N–H and O–H groups in total. The van der Waals surface area contributed by atoms with Crippen LogP contribution in [0.15, 0.2) is 21.9 Å². The van der Waals surface area contributed by atoms with Gasteiger partial charge in [0.1, 0.15) is 5.76 Å². The average Bonchev–Trinajstić information content (AvgIpc) is 3.12. The summed E-state index contributed by atoms with van der Waals surface area (Å²) < 4.78 is 5.54. The van der Waals surface area contributed by atoms with Gasteiger partial charge in [0.25, 0.3) is 0 Å². The molecule has 1 unspecified atom stereocenters. The number of aryl methyl sites for hydroxylation is 1. The smallest absolute Gasteiger partial charge is 0.226 e. The Bertz CT molecular complexity index is 616. The molecule has 1 atom stereocenters. The van der Waals surface area contributed by atoms with Crippen LogP contribution in [0.25, 0.3) is 10.8 Å². The van der Waals surface area contributed by atoms with Gasteiger partial charge < -0.3 is 15.5 Å². The third-order valence-corrected chi connectivity index (χ3v) is 4.31. The largest absolute Gasteiger partial charge is 0.459 e. The lowest BCUT2D eigenvalue weighted by molar-refractivity contribution is -0.121. The molecule has 0 aliphatic heterocycles. The van der Waals surface area contributed by atoms with Crippen molar-refractivity contribution in [2.75, 3.05) is 6.54 Å². The lowest BCUT2D eigenvalue weighted by atomic mass is 10.1. The van der Waals surface area contributed by atoms with E-state index >= 15 is 0 Å². The van der Waals surface area contributed by atoms with Crippen molar-refractivity contribution in [3.8, 4) is 10.8 Å². The van der Waals surface area contributed by atoms with E-state index in [2.05, 4.69) is 17.2 Å². The zero-order valence-corrected chi connectivity index (χ0v) is 16.4. The topological polar surface area (TPSA) is 81.1 Å². The number of unbranched alkanes of at least 4 members (excludes halogenated alkanes) is 1. The number of thiazole rings is 1. The van der Waals surface area contributed by atoms with Crippen molar-refractivity contribution in [2.24, 2.45) is 5.73 Å². The molecule has 2 aromatic heterocycles. The first-order valence-corrected chi connectivity index (χ1v) is 8.51. The van der Waals surface area contributed by atoms with Crippen molar-refractivity contribution in [1.29, 1.82) is 0 Å². The fourth-order valence-electron chi connectivity index (χ4n) is 2.19. The number of hydrogen-bond donors (Lipinski definition) is 2. The molecule has 8 heteroatoms. The second-order valence-electron chi connectivity index (χ2n) is 5.37. The SMILES string of the molecule is CCCCC(CN)NC(=O)Cc1csc(-c2ccc(C)o2)n1.Cl.Cl. The Morgan fingerprint density at radius 3 is 2.75 bits per heavy atom. The number of amides is 1. The first-order chi connectivity index (χ1) is 10.6. The van der Waals surface area contributed by atoms with Gasteiger partial charge in [-0.2, -0.15) is 0 Å². The maximum Gasteiger partial charge on any atom is 0.226 e. The quantitative estimate of drug-likeness (QED) is 0.715. The highest BCUT2D eigenvalue weighted by Gasteiger charge is 2.14. The summed E-state index contributed by atoms with van der Waals surface area (Å²) in [6.45, 7) is 4.50. The molecule has 0 fully saturated rings. The third-order valence-electron chi connectivity index (χ3n) is 3.40. The normalized spacial score (nSPS) is 11.3. The molecule has 0 spiro atoms. The number of carbonyl (C=O) groups excluding carboxylic acids is 1. The van der Waals surface area contributed by atoms with Crippen LogP contribution in [0.1, 0.15) is 37.6 Å². The molecule has 0 saturated carbocycles. The minimum atomic E-state index is -0.0287. The molecule has 0 aliphatic carbocycles. The summed E-state index contributed by atoms with van der Waals surface area (Å²) in [4.78, 5) is 16.5. The van der Waals surface area contributed by atoms with Crippen LogP contribution in [0.5, 0.6) is 0 Å². The Kier molecular flexibility index (Phi) is 11.0. The van der Waals surface area contributed by atoms with E-state index in [1.165, 1.54) is 11.3 Å². The highest BCUT2D eigenvalue weighted by Crippen LogP contribution is 2.25. The number of hydrogen-bond acceptors (Lipinski definition) is 5. The van der Waals surface area contributed by atoms with E-state index in [9.17, 15) is 4.79 Å². The minimum Gasteiger partial charge on any atom is -0.459 e. The number of rotatable bonds is 8. The van der Waals surface area contributed by atoms with E-state index in [1.54, 1.807) is 0 Å². The molecular formula is C16H25Cl2N3O2S. The predicted molar refractivity (Wildman–Crippen MR) is 103 cm³/mol. The lowest BCUT2D eigenvalue weighted by Gasteiger charge is -2.15. The van der Waals surface area contributed by atoms with Crippen LogP contribution in [0.4, 0.5) is 0 Å². The zero-order chi connectivity index (χ0) is 15.9. The van der Waals surface area contributed by atoms with E-state index in [1.807, 2.05) is 24.4 Å². The second kappa shape index (κ2) is 11.5. The number of nitrogens with one attached hydrogen (secondary N) is 1. The molecule has 136 valence electrons. The van der Waals surface area contributed by atoms with Crippen molar-refractivity contribution in [3.63, 3.8) is 0 Å². The van der Waals surface area contributed by atoms with Gasteiger partial charge in [-0.25, -0.2) is 4.98 Å². The lowest BCUT2D eigenvalue weighted by Crippen LogP contribution is -2.40. The fourth-order valence-corrected chi connectivity index (χ4v) is 2.97. The average molecular weight is 394 g/mol. The number of halogens is 2.